The molecule has 1 heterocycles. The Labute approximate surface area is 93.3 Å². The van der Waals surface area contributed by atoms with Crippen LogP contribution in [0.5, 0.6) is 0 Å². The second-order valence-corrected chi connectivity index (χ2v) is 4.21. The summed E-state index contributed by atoms with van der Waals surface area (Å²) in [6, 6.07) is 13.7. The first-order valence-electron chi connectivity index (χ1n) is 4.81. The highest BCUT2D eigenvalue weighted by molar-refractivity contribution is 7.10. The number of thiophene rings is 1. The Hall–Kier alpha value is -1.38. The van der Waals surface area contributed by atoms with Gasteiger partial charge >= 0.3 is 0 Å². The molecule has 1 atom stereocenters. The minimum absolute atomic E-state index is 0.520. The second kappa shape index (κ2) is 4.91. The molecule has 1 nitrogen and oxygen atoms in total. The minimum atomic E-state index is -0.520. The predicted molar refractivity (Wildman–Crippen MR) is 64.8 cm³/mol. The maximum absolute atomic E-state index is 9.84. The molecular weight excluding hydrogens is 204 g/mol. The number of rotatable bonds is 3. The topological polar surface area (TPSA) is 20.2 Å². The monoisotopic (exact) mass is 216 g/mol. The lowest BCUT2D eigenvalue weighted by Gasteiger charge is -2.04. The Morgan fingerprint density at radius 3 is 2.53 bits per heavy atom. The van der Waals surface area contributed by atoms with Gasteiger partial charge in [-0.1, -0.05) is 42.5 Å². The molecule has 1 unspecified atom stereocenters. The molecule has 2 aromatic rings. The van der Waals surface area contributed by atoms with Gasteiger partial charge in [0.05, 0.1) is 6.10 Å². The van der Waals surface area contributed by atoms with E-state index in [9.17, 15) is 5.11 Å². The van der Waals surface area contributed by atoms with Crippen molar-refractivity contribution in [3.05, 3.63) is 64.4 Å². The average Bonchev–Trinajstić information content (AvgIpc) is 2.80. The largest absolute Gasteiger partial charge is 0.384 e. The van der Waals surface area contributed by atoms with E-state index in [2.05, 4.69) is 0 Å². The van der Waals surface area contributed by atoms with Gasteiger partial charge in [0.1, 0.15) is 0 Å². The predicted octanol–water partition coefficient (Wildman–Crippen LogP) is 3.49. The van der Waals surface area contributed by atoms with Crippen molar-refractivity contribution in [3.8, 4) is 0 Å². The van der Waals surface area contributed by atoms with Gasteiger partial charge in [0, 0.05) is 4.88 Å². The number of aliphatic hydroxyl groups is 1. The van der Waals surface area contributed by atoms with Crippen molar-refractivity contribution < 1.29 is 5.11 Å². The maximum atomic E-state index is 9.84. The molecule has 0 saturated heterocycles. The third-order valence-electron chi connectivity index (χ3n) is 2.13. The lowest BCUT2D eigenvalue weighted by molar-refractivity contribution is 0.229. The van der Waals surface area contributed by atoms with Crippen molar-refractivity contribution in [1.29, 1.82) is 0 Å². The van der Waals surface area contributed by atoms with Crippen LogP contribution in [0.15, 0.2) is 53.9 Å². The number of hydrogen-bond donors (Lipinski definition) is 1. The molecule has 1 N–H and O–H groups in total. The zero-order chi connectivity index (χ0) is 10.5. The van der Waals surface area contributed by atoms with Crippen LogP contribution < -0.4 is 0 Å². The quantitative estimate of drug-likeness (QED) is 0.832. The van der Waals surface area contributed by atoms with Crippen molar-refractivity contribution in [2.24, 2.45) is 0 Å². The summed E-state index contributed by atoms with van der Waals surface area (Å²) in [5, 5.41) is 11.9. The molecule has 0 aliphatic heterocycles. The fourth-order valence-corrected chi connectivity index (χ4v) is 1.96. The van der Waals surface area contributed by atoms with Crippen LogP contribution >= 0.6 is 11.3 Å². The summed E-state index contributed by atoms with van der Waals surface area (Å²) in [5.74, 6) is 0. The maximum Gasteiger partial charge on any atom is 0.0975 e. The summed E-state index contributed by atoms with van der Waals surface area (Å²) in [4.78, 5) is 1.16. The zero-order valence-corrected chi connectivity index (χ0v) is 9.02. The van der Waals surface area contributed by atoms with Gasteiger partial charge in [0.2, 0.25) is 0 Å². The third kappa shape index (κ3) is 2.78. The van der Waals surface area contributed by atoms with Gasteiger partial charge in [0.15, 0.2) is 0 Å². The summed E-state index contributed by atoms with van der Waals surface area (Å²) in [6.45, 7) is 0. The summed E-state index contributed by atoms with van der Waals surface area (Å²) >= 11 is 1.66. The van der Waals surface area contributed by atoms with Crippen LogP contribution in [0.2, 0.25) is 0 Å². The molecule has 2 rings (SSSR count). The van der Waals surface area contributed by atoms with E-state index in [1.54, 1.807) is 17.4 Å². The molecule has 0 amide bonds. The van der Waals surface area contributed by atoms with E-state index >= 15 is 0 Å². The molecule has 0 radical (unpaired) electrons. The van der Waals surface area contributed by atoms with Crippen molar-refractivity contribution in [3.63, 3.8) is 0 Å². The van der Waals surface area contributed by atoms with Crippen molar-refractivity contribution in [1.82, 2.24) is 0 Å². The van der Waals surface area contributed by atoms with Gasteiger partial charge in [-0.2, -0.15) is 0 Å². The summed E-state index contributed by atoms with van der Waals surface area (Å²) in [6.07, 6.45) is 3.23. The Balaban J connectivity index is 2.07. The smallest absolute Gasteiger partial charge is 0.0975 e. The van der Waals surface area contributed by atoms with Crippen LogP contribution in [-0.2, 0) is 0 Å². The molecule has 0 aliphatic rings. The fourth-order valence-electron chi connectivity index (χ4n) is 1.33. The first-order valence-corrected chi connectivity index (χ1v) is 5.69. The Morgan fingerprint density at radius 1 is 1.07 bits per heavy atom. The van der Waals surface area contributed by atoms with Crippen LogP contribution in [0, 0.1) is 0 Å². The summed E-state index contributed by atoms with van der Waals surface area (Å²) in [5.41, 5.74) is 0.922. The molecule has 0 bridgehead atoms. The Kier molecular flexibility index (Phi) is 3.33. The van der Waals surface area contributed by atoms with Gasteiger partial charge in [-0.05, 0) is 23.1 Å². The summed E-state index contributed by atoms with van der Waals surface area (Å²) < 4.78 is 0. The average molecular weight is 216 g/mol. The van der Waals surface area contributed by atoms with Gasteiger partial charge in [0.25, 0.3) is 0 Å². The Bertz CT molecular complexity index is 417. The van der Waals surface area contributed by atoms with E-state index < -0.39 is 6.10 Å². The molecule has 0 saturated carbocycles. The van der Waals surface area contributed by atoms with Crippen LogP contribution in [0.3, 0.4) is 0 Å². The first kappa shape index (κ1) is 10.1. The van der Waals surface area contributed by atoms with Gasteiger partial charge in [-0.25, -0.2) is 0 Å². The van der Waals surface area contributed by atoms with E-state index in [-0.39, 0.29) is 0 Å². The number of aliphatic hydroxyl groups excluding tert-OH is 1. The molecule has 2 heteroatoms. The third-order valence-corrected chi connectivity index (χ3v) is 2.96. The number of benzene rings is 1. The highest BCUT2D eigenvalue weighted by Crippen LogP contribution is 2.17. The SMILES string of the molecule is OC(/C=C/c1cccs1)c1ccccc1. The van der Waals surface area contributed by atoms with Gasteiger partial charge < -0.3 is 5.11 Å². The van der Waals surface area contributed by atoms with Crippen molar-refractivity contribution in [2.45, 2.75) is 6.10 Å². The van der Waals surface area contributed by atoms with Crippen LogP contribution in [0.4, 0.5) is 0 Å². The Morgan fingerprint density at radius 2 is 1.87 bits per heavy atom. The van der Waals surface area contributed by atoms with E-state index in [1.165, 1.54) is 0 Å². The van der Waals surface area contributed by atoms with Crippen molar-refractivity contribution >= 4 is 17.4 Å². The minimum Gasteiger partial charge on any atom is -0.384 e. The lowest BCUT2D eigenvalue weighted by atomic mass is 10.1. The summed E-state index contributed by atoms with van der Waals surface area (Å²) in [7, 11) is 0. The number of hydrogen-bond acceptors (Lipinski definition) is 2. The van der Waals surface area contributed by atoms with E-state index in [1.807, 2.05) is 53.9 Å². The highest BCUT2D eigenvalue weighted by atomic mass is 32.1. The first-order chi connectivity index (χ1) is 7.36. The van der Waals surface area contributed by atoms with E-state index in [0.29, 0.717) is 0 Å². The molecule has 1 aromatic carbocycles. The van der Waals surface area contributed by atoms with Gasteiger partial charge in [-0.3, -0.25) is 0 Å². The molecule has 76 valence electrons. The zero-order valence-electron chi connectivity index (χ0n) is 8.21. The molecule has 15 heavy (non-hydrogen) atoms. The van der Waals surface area contributed by atoms with Crippen LogP contribution in [0.1, 0.15) is 16.5 Å². The standard InChI is InChI=1S/C13H12OS/c14-13(11-5-2-1-3-6-11)9-8-12-7-4-10-15-12/h1-10,13-14H/b9-8+. The normalized spacial score (nSPS) is 13.1. The second-order valence-electron chi connectivity index (χ2n) is 3.23. The van der Waals surface area contributed by atoms with E-state index in [0.717, 1.165) is 10.4 Å². The van der Waals surface area contributed by atoms with Crippen LogP contribution in [-0.4, -0.2) is 5.11 Å². The highest BCUT2D eigenvalue weighted by Gasteiger charge is 2.00. The molecular formula is C13H12OS. The lowest BCUT2D eigenvalue weighted by Crippen LogP contribution is -1.91. The molecule has 1 aromatic heterocycles. The molecule has 0 spiro atoms. The molecule has 0 aliphatic carbocycles. The van der Waals surface area contributed by atoms with Gasteiger partial charge in [-0.15, -0.1) is 11.3 Å². The molecule has 0 fully saturated rings. The fraction of sp³-hybridized carbons (Fsp3) is 0.0769. The van der Waals surface area contributed by atoms with E-state index in [4.69, 9.17) is 0 Å². The van der Waals surface area contributed by atoms with Crippen LogP contribution in [0.25, 0.3) is 6.08 Å². The van der Waals surface area contributed by atoms with Crippen molar-refractivity contribution in [2.75, 3.05) is 0 Å².